The van der Waals surface area contributed by atoms with Gasteiger partial charge in [0.05, 0.1) is 30.1 Å². The number of anilines is 1. The predicted octanol–water partition coefficient (Wildman–Crippen LogP) is 4.43. The van der Waals surface area contributed by atoms with Crippen molar-refractivity contribution < 1.29 is 4.74 Å². The van der Waals surface area contributed by atoms with Gasteiger partial charge in [0, 0.05) is 22.3 Å². The Kier molecular flexibility index (Phi) is 4.66. The fourth-order valence-corrected chi connectivity index (χ4v) is 2.47. The summed E-state index contributed by atoms with van der Waals surface area (Å²) in [7, 11) is 1.65. The highest BCUT2D eigenvalue weighted by Gasteiger charge is 2.03. The molecule has 1 aromatic carbocycles. The molecule has 0 saturated heterocycles. The summed E-state index contributed by atoms with van der Waals surface area (Å²) in [5.41, 5.74) is 2.72. The van der Waals surface area contributed by atoms with E-state index in [2.05, 4.69) is 26.2 Å². The molecule has 0 saturated carbocycles. The third-order valence-corrected chi connectivity index (χ3v) is 3.41. The zero-order valence-electron chi connectivity index (χ0n) is 10.7. The largest absolute Gasteiger partial charge is 0.497 e. The van der Waals surface area contributed by atoms with Crippen LogP contribution in [0.5, 0.6) is 5.75 Å². The summed E-state index contributed by atoms with van der Waals surface area (Å²) in [6.45, 7) is 2.54. The number of pyridine rings is 1. The van der Waals surface area contributed by atoms with Crippen molar-refractivity contribution in [3.63, 3.8) is 0 Å². The molecule has 0 fully saturated rings. The minimum absolute atomic E-state index is 0.597. The summed E-state index contributed by atoms with van der Waals surface area (Å²) >= 11 is 9.53. The topological polar surface area (TPSA) is 34.1 Å². The van der Waals surface area contributed by atoms with E-state index >= 15 is 0 Å². The van der Waals surface area contributed by atoms with Crippen molar-refractivity contribution in [2.45, 2.75) is 13.5 Å². The van der Waals surface area contributed by atoms with E-state index in [9.17, 15) is 0 Å². The highest BCUT2D eigenvalue weighted by Crippen LogP contribution is 2.26. The molecule has 0 aliphatic heterocycles. The van der Waals surface area contributed by atoms with Crippen LogP contribution in [0.4, 0.5) is 5.69 Å². The maximum absolute atomic E-state index is 6.15. The van der Waals surface area contributed by atoms with E-state index < -0.39 is 0 Å². The first-order valence-corrected chi connectivity index (χ1v) is 6.96. The number of methoxy groups -OCH3 is 1. The monoisotopic (exact) mass is 340 g/mol. The van der Waals surface area contributed by atoms with Gasteiger partial charge in [0.15, 0.2) is 0 Å². The Morgan fingerprint density at radius 2 is 2.11 bits per heavy atom. The molecule has 19 heavy (non-hydrogen) atoms. The summed E-state index contributed by atoms with van der Waals surface area (Å²) in [4.78, 5) is 4.45. The summed E-state index contributed by atoms with van der Waals surface area (Å²) in [5.74, 6) is 0.811. The first kappa shape index (κ1) is 14.2. The van der Waals surface area contributed by atoms with Gasteiger partial charge in [-0.15, -0.1) is 0 Å². The number of rotatable bonds is 4. The fourth-order valence-electron chi connectivity index (χ4n) is 1.73. The SMILES string of the molecule is COc1cc(C)nc(CNc2ccc(Br)cc2Cl)c1. The van der Waals surface area contributed by atoms with Gasteiger partial charge in [0.2, 0.25) is 0 Å². The van der Waals surface area contributed by atoms with Crippen LogP contribution in [-0.2, 0) is 6.54 Å². The molecule has 3 nitrogen and oxygen atoms in total. The van der Waals surface area contributed by atoms with Gasteiger partial charge in [-0.3, -0.25) is 4.98 Å². The van der Waals surface area contributed by atoms with Crippen LogP contribution in [0.2, 0.25) is 5.02 Å². The molecule has 2 aromatic rings. The van der Waals surface area contributed by atoms with E-state index in [0.29, 0.717) is 11.6 Å². The average Bonchev–Trinajstić information content (AvgIpc) is 2.37. The first-order valence-electron chi connectivity index (χ1n) is 5.79. The van der Waals surface area contributed by atoms with E-state index in [0.717, 1.165) is 27.3 Å². The maximum Gasteiger partial charge on any atom is 0.122 e. The van der Waals surface area contributed by atoms with Crippen LogP contribution in [0, 0.1) is 6.92 Å². The van der Waals surface area contributed by atoms with Crippen molar-refractivity contribution in [1.82, 2.24) is 4.98 Å². The standard InChI is InChI=1S/C14H14BrClN2O/c1-9-5-12(19-2)7-11(18-9)8-17-14-4-3-10(15)6-13(14)16/h3-7,17H,8H2,1-2H3. The highest BCUT2D eigenvalue weighted by atomic mass is 79.9. The third kappa shape index (κ3) is 3.85. The van der Waals surface area contributed by atoms with Crippen LogP contribution in [-0.4, -0.2) is 12.1 Å². The molecule has 100 valence electrons. The van der Waals surface area contributed by atoms with Crippen LogP contribution >= 0.6 is 27.5 Å². The Labute approximate surface area is 126 Å². The van der Waals surface area contributed by atoms with Gasteiger partial charge >= 0.3 is 0 Å². The van der Waals surface area contributed by atoms with Crippen LogP contribution in [0.3, 0.4) is 0 Å². The molecular weight excluding hydrogens is 328 g/mol. The minimum Gasteiger partial charge on any atom is -0.497 e. The van der Waals surface area contributed by atoms with Gasteiger partial charge < -0.3 is 10.1 Å². The lowest BCUT2D eigenvalue weighted by atomic mass is 10.2. The maximum atomic E-state index is 6.15. The van der Waals surface area contributed by atoms with Crippen molar-refractivity contribution in [3.8, 4) is 5.75 Å². The van der Waals surface area contributed by atoms with Crippen molar-refractivity contribution >= 4 is 33.2 Å². The Balaban J connectivity index is 2.12. The van der Waals surface area contributed by atoms with Gasteiger partial charge in [-0.1, -0.05) is 27.5 Å². The summed E-state index contributed by atoms with van der Waals surface area (Å²) in [6, 6.07) is 9.54. The van der Waals surface area contributed by atoms with Crippen molar-refractivity contribution in [3.05, 3.63) is 51.2 Å². The number of aromatic nitrogens is 1. The predicted molar refractivity (Wildman–Crippen MR) is 82.0 cm³/mol. The number of nitrogens with one attached hydrogen (secondary N) is 1. The number of benzene rings is 1. The molecule has 0 radical (unpaired) electrons. The van der Waals surface area contributed by atoms with Gasteiger partial charge in [0.25, 0.3) is 0 Å². The van der Waals surface area contributed by atoms with E-state index in [-0.39, 0.29) is 0 Å². The van der Waals surface area contributed by atoms with Crippen LogP contribution in [0.1, 0.15) is 11.4 Å². The van der Waals surface area contributed by atoms with Gasteiger partial charge in [-0.05, 0) is 25.1 Å². The number of halogens is 2. The number of hydrogen-bond acceptors (Lipinski definition) is 3. The molecule has 0 aliphatic carbocycles. The van der Waals surface area contributed by atoms with E-state index in [4.69, 9.17) is 16.3 Å². The smallest absolute Gasteiger partial charge is 0.122 e. The second-order valence-electron chi connectivity index (χ2n) is 4.12. The molecule has 1 heterocycles. The van der Waals surface area contributed by atoms with Crippen LogP contribution in [0.15, 0.2) is 34.8 Å². The molecular formula is C14H14BrClN2O. The van der Waals surface area contributed by atoms with Gasteiger partial charge in [-0.25, -0.2) is 0 Å². The summed E-state index contributed by atoms with van der Waals surface area (Å²) < 4.78 is 6.18. The van der Waals surface area contributed by atoms with Gasteiger partial charge in [-0.2, -0.15) is 0 Å². The zero-order valence-corrected chi connectivity index (χ0v) is 13.0. The molecule has 1 N–H and O–H groups in total. The minimum atomic E-state index is 0.597. The second kappa shape index (κ2) is 6.26. The molecule has 0 unspecified atom stereocenters. The molecule has 1 aromatic heterocycles. The Bertz CT molecular complexity index is 590. The molecule has 0 amide bonds. The van der Waals surface area contributed by atoms with E-state index in [1.807, 2.05) is 37.3 Å². The quantitative estimate of drug-likeness (QED) is 0.893. The average molecular weight is 342 g/mol. The van der Waals surface area contributed by atoms with E-state index in [1.54, 1.807) is 7.11 Å². The summed E-state index contributed by atoms with van der Waals surface area (Å²) in [6.07, 6.45) is 0. The molecule has 0 bridgehead atoms. The van der Waals surface area contributed by atoms with E-state index in [1.165, 1.54) is 0 Å². The van der Waals surface area contributed by atoms with Crippen LogP contribution in [0.25, 0.3) is 0 Å². The number of hydrogen-bond donors (Lipinski definition) is 1. The number of nitrogens with zero attached hydrogens (tertiary/aromatic N) is 1. The lowest BCUT2D eigenvalue weighted by Crippen LogP contribution is -2.03. The third-order valence-electron chi connectivity index (χ3n) is 2.61. The Hall–Kier alpha value is -1.26. The Morgan fingerprint density at radius 1 is 1.32 bits per heavy atom. The second-order valence-corrected chi connectivity index (χ2v) is 5.44. The Morgan fingerprint density at radius 3 is 2.79 bits per heavy atom. The molecule has 0 spiro atoms. The van der Waals surface area contributed by atoms with Crippen molar-refractivity contribution in [2.75, 3.05) is 12.4 Å². The number of ether oxygens (including phenoxy) is 1. The van der Waals surface area contributed by atoms with Crippen LogP contribution < -0.4 is 10.1 Å². The lowest BCUT2D eigenvalue weighted by molar-refractivity contribution is 0.413. The van der Waals surface area contributed by atoms with Crippen molar-refractivity contribution in [2.24, 2.45) is 0 Å². The normalized spacial score (nSPS) is 10.3. The summed E-state index contributed by atoms with van der Waals surface area (Å²) in [5, 5.41) is 3.94. The zero-order chi connectivity index (χ0) is 13.8. The number of aryl methyl sites for hydroxylation is 1. The molecule has 0 aliphatic rings. The van der Waals surface area contributed by atoms with Gasteiger partial charge in [0.1, 0.15) is 5.75 Å². The molecule has 0 atom stereocenters. The molecule has 5 heteroatoms. The lowest BCUT2D eigenvalue weighted by Gasteiger charge is -2.10. The fraction of sp³-hybridized carbons (Fsp3) is 0.214. The molecule has 2 rings (SSSR count). The first-order chi connectivity index (χ1) is 9.08. The van der Waals surface area contributed by atoms with Crippen molar-refractivity contribution in [1.29, 1.82) is 0 Å². The highest BCUT2D eigenvalue weighted by molar-refractivity contribution is 9.10.